The number of amides is 1. The minimum Gasteiger partial charge on any atom is -0.394 e. The van der Waals surface area contributed by atoms with Crippen molar-refractivity contribution in [1.29, 1.82) is 0 Å². The lowest BCUT2D eigenvalue weighted by atomic mass is 9.77. The highest BCUT2D eigenvalue weighted by atomic mass is 16.3. The molecule has 17 heavy (non-hydrogen) atoms. The first-order valence-electron chi connectivity index (χ1n) is 6.43. The highest BCUT2D eigenvalue weighted by Gasteiger charge is 2.36. The second-order valence-electron chi connectivity index (χ2n) is 6.02. The number of hydrogen-bond donors (Lipinski definition) is 2. The van der Waals surface area contributed by atoms with Crippen molar-refractivity contribution >= 4 is 5.91 Å². The van der Waals surface area contributed by atoms with Gasteiger partial charge >= 0.3 is 0 Å². The van der Waals surface area contributed by atoms with E-state index in [1.807, 2.05) is 13.8 Å². The lowest BCUT2D eigenvalue weighted by Crippen LogP contribution is -2.51. The molecule has 0 aromatic rings. The van der Waals surface area contributed by atoms with Gasteiger partial charge in [0.2, 0.25) is 5.91 Å². The molecule has 0 bridgehead atoms. The molecule has 0 aromatic heterocycles. The summed E-state index contributed by atoms with van der Waals surface area (Å²) >= 11 is 0. The summed E-state index contributed by atoms with van der Waals surface area (Å²) in [6, 6.07) is 0.241. The van der Waals surface area contributed by atoms with E-state index in [1.54, 1.807) is 11.9 Å². The molecular weight excluding hydrogens is 216 g/mol. The van der Waals surface area contributed by atoms with Crippen LogP contribution in [0.1, 0.15) is 40.0 Å². The SMILES string of the molecule is CC1CC(N)CCC1C(=O)N(C)C(C)(C)CO. The van der Waals surface area contributed by atoms with Gasteiger partial charge in [0.05, 0.1) is 12.1 Å². The van der Waals surface area contributed by atoms with Crippen molar-refractivity contribution in [2.45, 2.75) is 51.6 Å². The summed E-state index contributed by atoms with van der Waals surface area (Å²) in [5, 5.41) is 9.31. The fourth-order valence-corrected chi connectivity index (χ4v) is 2.46. The molecule has 1 amide bonds. The van der Waals surface area contributed by atoms with Gasteiger partial charge in [0.1, 0.15) is 0 Å². The van der Waals surface area contributed by atoms with Crippen LogP contribution in [0.25, 0.3) is 0 Å². The Bertz CT molecular complexity index is 279. The van der Waals surface area contributed by atoms with E-state index in [4.69, 9.17) is 5.73 Å². The zero-order valence-electron chi connectivity index (χ0n) is 11.4. The zero-order chi connectivity index (χ0) is 13.2. The Balaban J connectivity index is 2.70. The van der Waals surface area contributed by atoms with Crippen molar-refractivity contribution in [3.63, 3.8) is 0 Å². The van der Waals surface area contributed by atoms with Crippen LogP contribution in [-0.4, -0.2) is 41.1 Å². The second kappa shape index (κ2) is 5.36. The molecule has 3 unspecified atom stereocenters. The minimum atomic E-state index is -0.490. The smallest absolute Gasteiger partial charge is 0.226 e. The molecule has 0 saturated heterocycles. The number of nitrogens with two attached hydrogens (primary N) is 1. The van der Waals surface area contributed by atoms with Gasteiger partial charge in [-0.3, -0.25) is 4.79 Å². The number of carbonyl (C=O) groups excluding carboxylic acids is 1. The second-order valence-corrected chi connectivity index (χ2v) is 6.02. The van der Waals surface area contributed by atoms with Crippen LogP contribution in [0.5, 0.6) is 0 Å². The van der Waals surface area contributed by atoms with Gasteiger partial charge < -0.3 is 15.7 Å². The molecule has 100 valence electrons. The van der Waals surface area contributed by atoms with Crippen LogP contribution in [-0.2, 0) is 4.79 Å². The van der Waals surface area contributed by atoms with Crippen LogP contribution < -0.4 is 5.73 Å². The average molecular weight is 242 g/mol. The third-order valence-electron chi connectivity index (χ3n) is 4.15. The highest BCUT2D eigenvalue weighted by molar-refractivity contribution is 5.79. The predicted octanol–water partition coefficient (Wildman–Crippen LogP) is 0.979. The first-order chi connectivity index (χ1) is 7.79. The number of aliphatic hydroxyl groups excluding tert-OH is 1. The molecule has 1 aliphatic rings. The summed E-state index contributed by atoms with van der Waals surface area (Å²) in [7, 11) is 1.78. The topological polar surface area (TPSA) is 66.6 Å². The van der Waals surface area contributed by atoms with Gasteiger partial charge in [0.25, 0.3) is 0 Å². The molecular formula is C13H26N2O2. The molecule has 4 nitrogen and oxygen atoms in total. The largest absolute Gasteiger partial charge is 0.394 e. The average Bonchev–Trinajstić information content (AvgIpc) is 2.27. The number of aliphatic hydroxyl groups is 1. The molecule has 1 fully saturated rings. The molecule has 3 N–H and O–H groups in total. The standard InChI is InChI=1S/C13H26N2O2/c1-9-7-10(14)5-6-11(9)12(17)15(4)13(2,3)8-16/h9-11,16H,5-8,14H2,1-4H3. The fraction of sp³-hybridized carbons (Fsp3) is 0.923. The fourth-order valence-electron chi connectivity index (χ4n) is 2.46. The van der Waals surface area contributed by atoms with Gasteiger partial charge in [-0.05, 0) is 39.0 Å². The Hall–Kier alpha value is -0.610. The molecule has 1 aliphatic carbocycles. The van der Waals surface area contributed by atoms with E-state index in [9.17, 15) is 9.90 Å². The summed E-state index contributed by atoms with van der Waals surface area (Å²) in [5.74, 6) is 0.539. The van der Waals surface area contributed by atoms with Crippen LogP contribution in [0.15, 0.2) is 0 Å². The molecule has 0 aromatic carbocycles. The summed E-state index contributed by atoms with van der Waals surface area (Å²) in [6.45, 7) is 5.84. The van der Waals surface area contributed by atoms with E-state index >= 15 is 0 Å². The molecule has 4 heteroatoms. The van der Waals surface area contributed by atoms with E-state index in [1.165, 1.54) is 0 Å². The summed E-state index contributed by atoms with van der Waals surface area (Å²) in [6.07, 6.45) is 2.71. The zero-order valence-corrected chi connectivity index (χ0v) is 11.4. The molecule has 0 radical (unpaired) electrons. The van der Waals surface area contributed by atoms with Crippen LogP contribution in [0.3, 0.4) is 0 Å². The van der Waals surface area contributed by atoms with Gasteiger partial charge in [0.15, 0.2) is 0 Å². The van der Waals surface area contributed by atoms with E-state index in [-0.39, 0.29) is 24.5 Å². The van der Waals surface area contributed by atoms with E-state index < -0.39 is 5.54 Å². The van der Waals surface area contributed by atoms with Crippen molar-refractivity contribution in [1.82, 2.24) is 4.90 Å². The van der Waals surface area contributed by atoms with Gasteiger partial charge in [0, 0.05) is 19.0 Å². The molecule has 3 atom stereocenters. The monoisotopic (exact) mass is 242 g/mol. The van der Waals surface area contributed by atoms with Gasteiger partial charge in [-0.25, -0.2) is 0 Å². The Morgan fingerprint density at radius 1 is 1.47 bits per heavy atom. The Morgan fingerprint density at radius 2 is 2.06 bits per heavy atom. The van der Waals surface area contributed by atoms with E-state index in [2.05, 4.69) is 6.92 Å². The number of likely N-dealkylation sites (N-methyl/N-ethyl adjacent to an activating group) is 1. The molecule has 0 spiro atoms. The number of nitrogens with zero attached hydrogens (tertiary/aromatic N) is 1. The van der Waals surface area contributed by atoms with Gasteiger partial charge in [-0.1, -0.05) is 6.92 Å². The van der Waals surface area contributed by atoms with Crippen molar-refractivity contribution < 1.29 is 9.90 Å². The Morgan fingerprint density at radius 3 is 2.53 bits per heavy atom. The number of hydrogen-bond acceptors (Lipinski definition) is 3. The third-order valence-corrected chi connectivity index (χ3v) is 4.15. The normalized spacial score (nSPS) is 30.1. The van der Waals surface area contributed by atoms with E-state index in [0.29, 0.717) is 5.92 Å². The van der Waals surface area contributed by atoms with Crippen molar-refractivity contribution in [2.24, 2.45) is 17.6 Å². The minimum absolute atomic E-state index is 0.0180. The van der Waals surface area contributed by atoms with E-state index in [0.717, 1.165) is 19.3 Å². The number of rotatable bonds is 3. The Kier molecular flexibility index (Phi) is 4.55. The van der Waals surface area contributed by atoms with Gasteiger partial charge in [-0.15, -0.1) is 0 Å². The summed E-state index contributed by atoms with van der Waals surface area (Å²) in [5.41, 5.74) is 5.42. The first kappa shape index (κ1) is 14.5. The highest BCUT2D eigenvalue weighted by Crippen LogP contribution is 2.31. The summed E-state index contributed by atoms with van der Waals surface area (Å²) in [4.78, 5) is 14.1. The summed E-state index contributed by atoms with van der Waals surface area (Å²) < 4.78 is 0. The van der Waals surface area contributed by atoms with Crippen LogP contribution in [0, 0.1) is 11.8 Å². The maximum atomic E-state index is 12.4. The maximum absolute atomic E-state index is 12.4. The van der Waals surface area contributed by atoms with Crippen molar-refractivity contribution in [3.05, 3.63) is 0 Å². The first-order valence-corrected chi connectivity index (χ1v) is 6.43. The van der Waals surface area contributed by atoms with Gasteiger partial charge in [-0.2, -0.15) is 0 Å². The molecule has 0 heterocycles. The Labute approximate surface area is 104 Å². The quantitative estimate of drug-likeness (QED) is 0.775. The number of carbonyl (C=O) groups is 1. The molecule has 1 rings (SSSR count). The molecule has 1 saturated carbocycles. The van der Waals surface area contributed by atoms with Crippen molar-refractivity contribution in [3.8, 4) is 0 Å². The molecule has 0 aliphatic heterocycles. The lowest BCUT2D eigenvalue weighted by Gasteiger charge is -2.40. The maximum Gasteiger partial charge on any atom is 0.226 e. The lowest BCUT2D eigenvalue weighted by molar-refractivity contribution is -0.143. The predicted molar refractivity (Wildman–Crippen MR) is 68.4 cm³/mol. The third kappa shape index (κ3) is 3.19. The van der Waals surface area contributed by atoms with Crippen LogP contribution >= 0.6 is 0 Å². The van der Waals surface area contributed by atoms with Crippen LogP contribution in [0.4, 0.5) is 0 Å². The van der Waals surface area contributed by atoms with Crippen molar-refractivity contribution in [2.75, 3.05) is 13.7 Å². The van der Waals surface area contributed by atoms with Crippen LogP contribution in [0.2, 0.25) is 0 Å².